The highest BCUT2D eigenvalue weighted by atomic mass is 16.4. The molecule has 1 heterocycles. The normalized spacial score (nSPS) is 13.7. The molecule has 0 saturated carbocycles. The molecule has 98 valence electrons. The summed E-state index contributed by atoms with van der Waals surface area (Å²) in [7, 11) is 0. The van der Waals surface area contributed by atoms with Crippen LogP contribution in [0.25, 0.3) is 0 Å². The number of nitrogens with zero attached hydrogens (tertiary/aromatic N) is 1. The van der Waals surface area contributed by atoms with E-state index in [1.54, 1.807) is 0 Å². The average Bonchev–Trinajstić information content (AvgIpc) is 2.76. The van der Waals surface area contributed by atoms with Gasteiger partial charge in [0.05, 0.1) is 0 Å². The maximum absolute atomic E-state index is 10.5. The molecule has 0 radical (unpaired) electrons. The number of benzene rings is 1. The summed E-state index contributed by atoms with van der Waals surface area (Å²) in [5, 5.41) is 17.5. The lowest BCUT2D eigenvalue weighted by molar-refractivity contribution is -0.136. The van der Waals surface area contributed by atoms with Gasteiger partial charge < -0.3 is 15.1 Å². The van der Waals surface area contributed by atoms with Crippen molar-refractivity contribution in [3.05, 3.63) is 29.3 Å². The standard InChI is InChI=1S/C14H19NO3/c16-9-1-7-15-8-6-12-10-11(2-4-13(12)15)3-5-14(17)18/h2,4,10,16H,1,3,5-9H2,(H,17,18). The van der Waals surface area contributed by atoms with Crippen LogP contribution in [0.15, 0.2) is 18.2 Å². The average molecular weight is 249 g/mol. The van der Waals surface area contributed by atoms with Crippen molar-refractivity contribution in [1.82, 2.24) is 0 Å². The van der Waals surface area contributed by atoms with E-state index < -0.39 is 5.97 Å². The van der Waals surface area contributed by atoms with Crippen LogP contribution in [0.2, 0.25) is 0 Å². The summed E-state index contributed by atoms with van der Waals surface area (Å²) in [6.45, 7) is 2.11. The topological polar surface area (TPSA) is 60.8 Å². The zero-order chi connectivity index (χ0) is 13.0. The third-order valence-electron chi connectivity index (χ3n) is 3.35. The Morgan fingerprint density at radius 2 is 2.22 bits per heavy atom. The quantitative estimate of drug-likeness (QED) is 0.801. The number of aliphatic carboxylic acids is 1. The molecule has 2 N–H and O–H groups in total. The highest BCUT2D eigenvalue weighted by Gasteiger charge is 2.18. The van der Waals surface area contributed by atoms with Gasteiger partial charge in [0.25, 0.3) is 0 Å². The fraction of sp³-hybridized carbons (Fsp3) is 0.500. The van der Waals surface area contributed by atoms with Crippen LogP contribution in [0.3, 0.4) is 0 Å². The van der Waals surface area contributed by atoms with Crippen molar-refractivity contribution in [2.24, 2.45) is 0 Å². The van der Waals surface area contributed by atoms with Crippen LogP contribution in [0.1, 0.15) is 24.0 Å². The van der Waals surface area contributed by atoms with Crippen LogP contribution in [0, 0.1) is 0 Å². The van der Waals surface area contributed by atoms with E-state index >= 15 is 0 Å². The zero-order valence-corrected chi connectivity index (χ0v) is 10.4. The molecule has 0 bridgehead atoms. The molecule has 0 fully saturated rings. The smallest absolute Gasteiger partial charge is 0.303 e. The molecule has 1 aromatic rings. The lowest BCUT2D eigenvalue weighted by atomic mass is 10.0. The molecule has 2 rings (SSSR count). The lowest BCUT2D eigenvalue weighted by Gasteiger charge is -2.18. The molecule has 1 aliphatic heterocycles. The van der Waals surface area contributed by atoms with Crippen molar-refractivity contribution >= 4 is 11.7 Å². The number of rotatable bonds is 6. The minimum Gasteiger partial charge on any atom is -0.481 e. The van der Waals surface area contributed by atoms with Crippen LogP contribution in [-0.4, -0.2) is 35.9 Å². The number of aliphatic hydroxyl groups excluding tert-OH is 1. The van der Waals surface area contributed by atoms with E-state index in [-0.39, 0.29) is 13.0 Å². The van der Waals surface area contributed by atoms with Gasteiger partial charge in [-0.25, -0.2) is 0 Å². The van der Waals surface area contributed by atoms with Gasteiger partial charge in [-0.3, -0.25) is 4.79 Å². The summed E-state index contributed by atoms with van der Waals surface area (Å²) in [5.41, 5.74) is 3.64. The van der Waals surface area contributed by atoms with Crippen LogP contribution in [0.5, 0.6) is 0 Å². The predicted molar refractivity (Wildman–Crippen MR) is 70.0 cm³/mol. The monoisotopic (exact) mass is 249 g/mol. The van der Waals surface area contributed by atoms with E-state index in [1.807, 2.05) is 6.07 Å². The maximum Gasteiger partial charge on any atom is 0.303 e. The third kappa shape index (κ3) is 3.01. The number of hydrogen-bond donors (Lipinski definition) is 2. The van der Waals surface area contributed by atoms with E-state index in [1.165, 1.54) is 11.3 Å². The summed E-state index contributed by atoms with van der Waals surface area (Å²) < 4.78 is 0. The first-order valence-electron chi connectivity index (χ1n) is 6.40. The Morgan fingerprint density at radius 1 is 1.39 bits per heavy atom. The third-order valence-corrected chi connectivity index (χ3v) is 3.35. The van der Waals surface area contributed by atoms with Crippen LogP contribution >= 0.6 is 0 Å². The fourth-order valence-corrected chi connectivity index (χ4v) is 2.42. The van der Waals surface area contributed by atoms with Gasteiger partial charge in [0, 0.05) is 31.8 Å². The molecule has 0 atom stereocenters. The van der Waals surface area contributed by atoms with Gasteiger partial charge in [-0.15, -0.1) is 0 Å². The molecule has 0 saturated heterocycles. The summed E-state index contributed by atoms with van der Waals surface area (Å²) >= 11 is 0. The second-order valence-electron chi connectivity index (χ2n) is 4.67. The van der Waals surface area contributed by atoms with Crippen molar-refractivity contribution in [1.29, 1.82) is 0 Å². The Balaban J connectivity index is 2.03. The van der Waals surface area contributed by atoms with Crippen molar-refractivity contribution in [3.63, 3.8) is 0 Å². The first-order chi connectivity index (χ1) is 8.70. The molecule has 0 amide bonds. The number of fused-ring (bicyclic) bond motifs is 1. The first kappa shape index (κ1) is 12.9. The van der Waals surface area contributed by atoms with E-state index in [2.05, 4.69) is 17.0 Å². The molecule has 1 aromatic carbocycles. The molecule has 1 aliphatic rings. The number of carbonyl (C=O) groups is 1. The van der Waals surface area contributed by atoms with Crippen molar-refractivity contribution in [2.45, 2.75) is 25.7 Å². The van der Waals surface area contributed by atoms with Crippen LogP contribution in [-0.2, 0) is 17.6 Å². The Labute approximate surface area is 107 Å². The van der Waals surface area contributed by atoms with Crippen molar-refractivity contribution in [2.75, 3.05) is 24.6 Å². The zero-order valence-electron chi connectivity index (χ0n) is 10.4. The number of aliphatic hydroxyl groups is 1. The summed E-state index contributed by atoms with van der Waals surface area (Å²) in [4.78, 5) is 12.8. The second kappa shape index (κ2) is 5.87. The Hall–Kier alpha value is -1.55. The van der Waals surface area contributed by atoms with Gasteiger partial charge in [-0.05, 0) is 36.5 Å². The van der Waals surface area contributed by atoms with Gasteiger partial charge in [-0.2, -0.15) is 0 Å². The molecule has 4 heteroatoms. The Kier molecular flexibility index (Phi) is 4.20. The van der Waals surface area contributed by atoms with E-state index in [4.69, 9.17) is 10.2 Å². The summed E-state index contributed by atoms with van der Waals surface area (Å²) in [6.07, 6.45) is 2.59. The second-order valence-corrected chi connectivity index (χ2v) is 4.67. The van der Waals surface area contributed by atoms with Crippen LogP contribution in [0.4, 0.5) is 5.69 Å². The minimum absolute atomic E-state index is 0.188. The molecular weight excluding hydrogens is 230 g/mol. The maximum atomic E-state index is 10.5. The van der Waals surface area contributed by atoms with Gasteiger partial charge >= 0.3 is 5.97 Å². The fourth-order valence-electron chi connectivity index (χ4n) is 2.42. The first-order valence-corrected chi connectivity index (χ1v) is 6.40. The number of carboxylic acids is 1. The van der Waals surface area contributed by atoms with Gasteiger partial charge in [0.1, 0.15) is 0 Å². The number of aryl methyl sites for hydroxylation is 1. The molecular formula is C14H19NO3. The predicted octanol–water partition coefficient (Wildman–Crippen LogP) is 1.45. The molecule has 4 nitrogen and oxygen atoms in total. The van der Waals surface area contributed by atoms with Gasteiger partial charge in [0.15, 0.2) is 0 Å². The molecule has 0 aliphatic carbocycles. The van der Waals surface area contributed by atoms with Crippen molar-refractivity contribution < 1.29 is 15.0 Å². The van der Waals surface area contributed by atoms with E-state index in [0.717, 1.165) is 31.5 Å². The Morgan fingerprint density at radius 3 is 2.94 bits per heavy atom. The SMILES string of the molecule is O=C(O)CCc1ccc2c(c1)CCN2CCCO. The molecule has 18 heavy (non-hydrogen) atoms. The van der Waals surface area contributed by atoms with Crippen molar-refractivity contribution in [3.8, 4) is 0 Å². The number of anilines is 1. The van der Waals surface area contributed by atoms with E-state index in [0.29, 0.717) is 6.42 Å². The lowest BCUT2D eigenvalue weighted by Crippen LogP contribution is -2.22. The summed E-state index contributed by atoms with van der Waals surface area (Å²) in [6, 6.07) is 6.22. The number of hydrogen-bond acceptors (Lipinski definition) is 3. The summed E-state index contributed by atoms with van der Waals surface area (Å²) in [5.74, 6) is -0.750. The number of carboxylic acid groups (broad SMARTS) is 1. The molecule has 0 aromatic heterocycles. The minimum atomic E-state index is -0.750. The largest absolute Gasteiger partial charge is 0.481 e. The highest BCUT2D eigenvalue weighted by Crippen LogP contribution is 2.29. The van der Waals surface area contributed by atoms with Gasteiger partial charge in [-0.1, -0.05) is 12.1 Å². The van der Waals surface area contributed by atoms with E-state index in [9.17, 15) is 4.79 Å². The highest BCUT2D eigenvalue weighted by molar-refractivity contribution is 5.67. The Bertz CT molecular complexity index is 431. The van der Waals surface area contributed by atoms with Gasteiger partial charge in [0.2, 0.25) is 0 Å². The molecule has 0 spiro atoms. The molecule has 0 unspecified atom stereocenters. The van der Waals surface area contributed by atoms with Crippen LogP contribution < -0.4 is 4.90 Å².